The predicted octanol–water partition coefficient (Wildman–Crippen LogP) is 2.12. The Hall–Kier alpha value is -2.18. The molecule has 0 saturated heterocycles. The first-order chi connectivity index (χ1) is 12.4. The van der Waals surface area contributed by atoms with E-state index in [1.165, 1.54) is 5.56 Å². The van der Waals surface area contributed by atoms with Crippen LogP contribution in [0.1, 0.15) is 49.5 Å². The first-order valence-electron chi connectivity index (χ1n) is 9.10. The summed E-state index contributed by atoms with van der Waals surface area (Å²) in [4.78, 5) is 12.2. The summed E-state index contributed by atoms with van der Waals surface area (Å²) in [6, 6.07) is 8.02. The lowest BCUT2D eigenvalue weighted by Crippen LogP contribution is -2.37. The number of aromatic nitrogens is 2. The second-order valence-corrected chi connectivity index (χ2v) is 7.19. The molecule has 2 atom stereocenters. The van der Waals surface area contributed by atoms with E-state index in [0.29, 0.717) is 5.92 Å². The molecule has 0 aliphatic rings. The van der Waals surface area contributed by atoms with Crippen LogP contribution in [0.4, 0.5) is 0 Å². The molecular formula is C20H30N4O2. The zero-order chi connectivity index (χ0) is 19.1. The Kier molecular flexibility index (Phi) is 7.36. The average Bonchev–Trinajstić information content (AvgIpc) is 3.01. The van der Waals surface area contributed by atoms with Gasteiger partial charge in [0.1, 0.15) is 0 Å². The number of hydrogen-bond donors (Lipinski definition) is 3. The van der Waals surface area contributed by atoms with Crippen molar-refractivity contribution >= 4 is 5.91 Å². The minimum atomic E-state index is -0.305. The van der Waals surface area contributed by atoms with Gasteiger partial charge in [-0.05, 0) is 30.4 Å². The van der Waals surface area contributed by atoms with Crippen LogP contribution in [0.2, 0.25) is 0 Å². The molecule has 6 nitrogen and oxygen atoms in total. The van der Waals surface area contributed by atoms with Gasteiger partial charge in [-0.15, -0.1) is 0 Å². The smallest absolute Gasteiger partial charge is 0.234 e. The highest BCUT2D eigenvalue weighted by Gasteiger charge is 2.15. The summed E-state index contributed by atoms with van der Waals surface area (Å²) in [6.07, 6.45) is 4.57. The highest BCUT2D eigenvalue weighted by Crippen LogP contribution is 2.15. The molecule has 2 aromatic rings. The SMILES string of the molecule is CC(C)Cc1ccc([C@H](C)NC(=O)CN[C@H](CO)c2cnn(C)c2)cc1. The molecule has 0 aliphatic heterocycles. The van der Waals surface area contributed by atoms with Crippen LogP contribution in [0.15, 0.2) is 36.7 Å². The summed E-state index contributed by atoms with van der Waals surface area (Å²) >= 11 is 0. The molecule has 0 spiro atoms. The molecule has 0 bridgehead atoms. The molecule has 26 heavy (non-hydrogen) atoms. The van der Waals surface area contributed by atoms with Crippen LogP contribution in [0.3, 0.4) is 0 Å². The third-order valence-electron chi connectivity index (χ3n) is 4.32. The summed E-state index contributed by atoms with van der Waals surface area (Å²) in [6.45, 7) is 6.42. The van der Waals surface area contributed by atoms with Crippen LogP contribution < -0.4 is 10.6 Å². The van der Waals surface area contributed by atoms with E-state index in [4.69, 9.17) is 0 Å². The fourth-order valence-electron chi connectivity index (χ4n) is 2.91. The van der Waals surface area contributed by atoms with Gasteiger partial charge < -0.3 is 10.4 Å². The number of hydrogen-bond acceptors (Lipinski definition) is 4. The van der Waals surface area contributed by atoms with Crippen LogP contribution >= 0.6 is 0 Å². The van der Waals surface area contributed by atoms with Crippen molar-refractivity contribution in [2.75, 3.05) is 13.2 Å². The van der Waals surface area contributed by atoms with Crippen molar-refractivity contribution in [3.63, 3.8) is 0 Å². The van der Waals surface area contributed by atoms with E-state index in [9.17, 15) is 9.90 Å². The van der Waals surface area contributed by atoms with Crippen molar-refractivity contribution in [1.29, 1.82) is 0 Å². The summed E-state index contributed by atoms with van der Waals surface area (Å²) in [5, 5.41) is 19.7. The highest BCUT2D eigenvalue weighted by molar-refractivity contribution is 5.78. The molecule has 0 radical (unpaired) electrons. The van der Waals surface area contributed by atoms with Crippen LogP contribution in [0.25, 0.3) is 0 Å². The van der Waals surface area contributed by atoms with Gasteiger partial charge in [-0.3, -0.25) is 14.8 Å². The zero-order valence-corrected chi connectivity index (χ0v) is 16.1. The Labute approximate surface area is 155 Å². The van der Waals surface area contributed by atoms with Crippen LogP contribution in [-0.2, 0) is 18.3 Å². The number of aliphatic hydroxyl groups excluding tert-OH is 1. The maximum atomic E-state index is 12.2. The third kappa shape index (κ3) is 5.97. The molecule has 6 heteroatoms. The van der Waals surface area contributed by atoms with Gasteiger partial charge in [0.05, 0.1) is 31.4 Å². The van der Waals surface area contributed by atoms with E-state index in [-0.39, 0.29) is 31.1 Å². The van der Waals surface area contributed by atoms with Gasteiger partial charge in [0.25, 0.3) is 0 Å². The molecule has 1 aromatic carbocycles. The monoisotopic (exact) mass is 358 g/mol. The molecule has 1 amide bonds. The van der Waals surface area contributed by atoms with E-state index >= 15 is 0 Å². The second-order valence-electron chi connectivity index (χ2n) is 7.19. The van der Waals surface area contributed by atoms with E-state index in [1.807, 2.05) is 20.2 Å². The first-order valence-corrected chi connectivity index (χ1v) is 9.10. The summed E-state index contributed by atoms with van der Waals surface area (Å²) in [5.41, 5.74) is 3.25. The van der Waals surface area contributed by atoms with Crippen LogP contribution in [0, 0.1) is 5.92 Å². The van der Waals surface area contributed by atoms with Crippen molar-refractivity contribution < 1.29 is 9.90 Å². The summed E-state index contributed by atoms with van der Waals surface area (Å²) in [5.74, 6) is 0.523. The van der Waals surface area contributed by atoms with Crippen molar-refractivity contribution in [2.45, 2.75) is 39.3 Å². The second kappa shape index (κ2) is 9.50. The number of aryl methyl sites for hydroxylation is 1. The number of amides is 1. The molecule has 142 valence electrons. The van der Waals surface area contributed by atoms with Crippen molar-refractivity contribution in [3.05, 3.63) is 53.3 Å². The Balaban J connectivity index is 1.84. The Bertz CT molecular complexity index is 694. The largest absolute Gasteiger partial charge is 0.394 e. The Morgan fingerprint density at radius 1 is 1.19 bits per heavy atom. The molecule has 3 N–H and O–H groups in total. The molecular weight excluding hydrogens is 328 g/mol. The quantitative estimate of drug-likeness (QED) is 0.641. The molecule has 0 aliphatic carbocycles. The Morgan fingerprint density at radius 2 is 1.88 bits per heavy atom. The molecule has 1 heterocycles. The normalized spacial score (nSPS) is 13.6. The summed E-state index contributed by atoms with van der Waals surface area (Å²) in [7, 11) is 1.82. The number of benzene rings is 1. The number of nitrogens with zero attached hydrogens (tertiary/aromatic N) is 2. The fourth-order valence-corrected chi connectivity index (χ4v) is 2.91. The number of rotatable bonds is 9. The van der Waals surface area contributed by atoms with E-state index < -0.39 is 0 Å². The fraction of sp³-hybridized carbons (Fsp3) is 0.500. The summed E-state index contributed by atoms with van der Waals surface area (Å²) < 4.78 is 1.67. The number of nitrogens with one attached hydrogen (secondary N) is 2. The lowest BCUT2D eigenvalue weighted by Gasteiger charge is -2.18. The highest BCUT2D eigenvalue weighted by atomic mass is 16.3. The van der Waals surface area contributed by atoms with Gasteiger partial charge in [0, 0.05) is 18.8 Å². The van der Waals surface area contributed by atoms with E-state index in [0.717, 1.165) is 17.5 Å². The molecule has 0 saturated carbocycles. The van der Waals surface area contributed by atoms with Gasteiger partial charge >= 0.3 is 0 Å². The number of carbonyl (C=O) groups is 1. The number of carbonyl (C=O) groups excluding carboxylic acids is 1. The third-order valence-corrected chi connectivity index (χ3v) is 4.32. The predicted molar refractivity (Wildman–Crippen MR) is 103 cm³/mol. The lowest BCUT2D eigenvalue weighted by molar-refractivity contribution is -0.121. The van der Waals surface area contributed by atoms with Crippen molar-refractivity contribution in [3.8, 4) is 0 Å². The van der Waals surface area contributed by atoms with Gasteiger partial charge in [-0.1, -0.05) is 38.1 Å². The zero-order valence-electron chi connectivity index (χ0n) is 16.1. The van der Waals surface area contributed by atoms with Crippen molar-refractivity contribution in [1.82, 2.24) is 20.4 Å². The maximum Gasteiger partial charge on any atom is 0.234 e. The molecule has 1 aromatic heterocycles. The van der Waals surface area contributed by atoms with Crippen LogP contribution in [0.5, 0.6) is 0 Å². The van der Waals surface area contributed by atoms with Crippen molar-refractivity contribution in [2.24, 2.45) is 13.0 Å². The minimum absolute atomic E-state index is 0.0663. The van der Waals surface area contributed by atoms with Gasteiger partial charge in [0.2, 0.25) is 5.91 Å². The lowest BCUT2D eigenvalue weighted by atomic mass is 10.00. The van der Waals surface area contributed by atoms with E-state index in [1.54, 1.807) is 10.9 Å². The molecule has 2 rings (SSSR count). The molecule has 0 unspecified atom stereocenters. The number of aliphatic hydroxyl groups is 1. The molecule has 0 fully saturated rings. The Morgan fingerprint density at radius 3 is 2.42 bits per heavy atom. The maximum absolute atomic E-state index is 12.2. The standard InChI is InChI=1S/C20H30N4O2/c1-14(2)9-16-5-7-17(8-6-16)15(3)23-20(26)11-21-19(13-25)18-10-22-24(4)12-18/h5-8,10,12,14-15,19,21,25H,9,11,13H2,1-4H3,(H,23,26)/t15-,19+/m0/s1. The topological polar surface area (TPSA) is 79.2 Å². The van der Waals surface area contributed by atoms with Crippen LogP contribution in [-0.4, -0.2) is 33.9 Å². The van der Waals surface area contributed by atoms with Gasteiger partial charge in [-0.25, -0.2) is 0 Å². The minimum Gasteiger partial charge on any atom is -0.394 e. The first kappa shape index (κ1) is 20.1. The van der Waals surface area contributed by atoms with Gasteiger partial charge in [0.15, 0.2) is 0 Å². The average molecular weight is 358 g/mol. The van der Waals surface area contributed by atoms with E-state index in [2.05, 4.69) is 53.8 Å². The van der Waals surface area contributed by atoms with Gasteiger partial charge in [-0.2, -0.15) is 5.10 Å².